The summed E-state index contributed by atoms with van der Waals surface area (Å²) in [7, 11) is 2.57. The zero-order chi connectivity index (χ0) is 25.2. The molecule has 1 aromatic heterocycles. The Morgan fingerprint density at radius 3 is 2.20 bits per heavy atom. The first kappa shape index (κ1) is 26.3. The van der Waals surface area contributed by atoms with Crippen molar-refractivity contribution in [1.29, 1.82) is 0 Å². The molecule has 0 saturated heterocycles. The Morgan fingerprint density at radius 1 is 0.914 bits per heavy atom. The first-order chi connectivity index (χ1) is 17.0. The van der Waals surface area contributed by atoms with Crippen LogP contribution in [0.4, 0.5) is 20.4 Å². The standard InChI is InChI=1S/C25H28ClF2N3O4/c1-4-16-11-17(7-8-20(16)34-10-6-5-9-26)31-25-29-13-18(14-30-25)35-15-19-23(27)21(32-2)12-22(33-3)24(19)28/h7-8,11-14H,4-6,9-10,15H2,1-3H3,(H,29,30,31). The molecule has 2 aromatic carbocycles. The van der Waals surface area contributed by atoms with E-state index in [9.17, 15) is 8.78 Å². The molecule has 7 nitrogen and oxygen atoms in total. The number of hydrogen-bond acceptors (Lipinski definition) is 7. The van der Waals surface area contributed by atoms with Crippen molar-refractivity contribution in [2.45, 2.75) is 32.8 Å². The van der Waals surface area contributed by atoms with E-state index in [2.05, 4.69) is 22.2 Å². The van der Waals surface area contributed by atoms with Gasteiger partial charge in [0, 0.05) is 17.6 Å². The van der Waals surface area contributed by atoms with Gasteiger partial charge in [-0.25, -0.2) is 18.7 Å². The molecule has 1 N–H and O–H groups in total. The van der Waals surface area contributed by atoms with Crippen LogP contribution in [0.15, 0.2) is 36.7 Å². The summed E-state index contributed by atoms with van der Waals surface area (Å²) in [5.41, 5.74) is 1.54. The monoisotopic (exact) mass is 507 g/mol. The molecule has 0 saturated carbocycles. The molecule has 0 radical (unpaired) electrons. The van der Waals surface area contributed by atoms with Crippen LogP contribution in [-0.2, 0) is 13.0 Å². The molecule has 0 atom stereocenters. The number of alkyl halides is 1. The van der Waals surface area contributed by atoms with E-state index in [1.165, 1.54) is 26.6 Å². The van der Waals surface area contributed by atoms with Crippen LogP contribution in [0, 0.1) is 11.6 Å². The minimum Gasteiger partial charge on any atom is -0.494 e. The summed E-state index contributed by atoms with van der Waals surface area (Å²) in [6.45, 7) is 2.28. The normalized spacial score (nSPS) is 10.7. The number of hydrogen-bond donors (Lipinski definition) is 1. The van der Waals surface area contributed by atoms with Gasteiger partial charge in [-0.2, -0.15) is 0 Å². The minimum absolute atomic E-state index is 0.143. The SMILES string of the molecule is CCc1cc(Nc2ncc(OCc3c(F)c(OC)cc(OC)c3F)cn2)ccc1OCCCCCl. The van der Waals surface area contributed by atoms with Crippen LogP contribution in [0.2, 0.25) is 0 Å². The molecule has 0 amide bonds. The molecule has 0 fully saturated rings. The van der Waals surface area contributed by atoms with Crippen LogP contribution in [0.1, 0.15) is 30.9 Å². The number of nitrogens with one attached hydrogen (secondary N) is 1. The van der Waals surface area contributed by atoms with Gasteiger partial charge in [-0.1, -0.05) is 6.92 Å². The quantitative estimate of drug-likeness (QED) is 0.223. The Hall–Kier alpha value is -3.33. The average Bonchev–Trinajstić information content (AvgIpc) is 2.88. The third-order valence-electron chi connectivity index (χ3n) is 5.16. The molecule has 0 unspecified atom stereocenters. The summed E-state index contributed by atoms with van der Waals surface area (Å²) in [6.07, 6.45) is 5.45. The van der Waals surface area contributed by atoms with E-state index in [0.29, 0.717) is 18.4 Å². The lowest BCUT2D eigenvalue weighted by molar-refractivity contribution is 0.280. The smallest absolute Gasteiger partial charge is 0.227 e. The van der Waals surface area contributed by atoms with Crippen molar-refractivity contribution < 1.29 is 27.7 Å². The van der Waals surface area contributed by atoms with Crippen LogP contribution < -0.4 is 24.3 Å². The van der Waals surface area contributed by atoms with Crippen LogP contribution in [-0.4, -0.2) is 36.7 Å². The number of benzene rings is 2. The van der Waals surface area contributed by atoms with Crippen molar-refractivity contribution in [3.63, 3.8) is 0 Å². The van der Waals surface area contributed by atoms with E-state index in [1.54, 1.807) is 0 Å². The zero-order valence-corrected chi connectivity index (χ0v) is 20.6. The second-order valence-corrected chi connectivity index (χ2v) is 7.84. The van der Waals surface area contributed by atoms with Gasteiger partial charge in [0.15, 0.2) is 28.9 Å². The highest BCUT2D eigenvalue weighted by Crippen LogP contribution is 2.32. The second-order valence-electron chi connectivity index (χ2n) is 7.46. The Morgan fingerprint density at radius 2 is 1.60 bits per heavy atom. The number of anilines is 2. The summed E-state index contributed by atoms with van der Waals surface area (Å²) in [5.74, 6) is 0.0470. The molecule has 0 spiro atoms. The number of nitrogens with zero attached hydrogens (tertiary/aromatic N) is 2. The first-order valence-corrected chi connectivity index (χ1v) is 11.7. The van der Waals surface area contributed by atoms with Gasteiger partial charge in [0.05, 0.1) is 38.8 Å². The molecule has 3 aromatic rings. The van der Waals surface area contributed by atoms with Crippen molar-refractivity contribution >= 4 is 23.2 Å². The lowest BCUT2D eigenvalue weighted by Crippen LogP contribution is -2.06. The summed E-state index contributed by atoms with van der Waals surface area (Å²) in [4.78, 5) is 8.44. The number of rotatable bonds is 13. The molecule has 0 bridgehead atoms. The van der Waals surface area contributed by atoms with E-state index in [4.69, 9.17) is 30.5 Å². The molecule has 10 heteroatoms. The highest BCUT2D eigenvalue weighted by Gasteiger charge is 2.20. The van der Waals surface area contributed by atoms with Gasteiger partial charge in [-0.15, -0.1) is 11.6 Å². The zero-order valence-electron chi connectivity index (χ0n) is 19.9. The van der Waals surface area contributed by atoms with E-state index in [-0.39, 0.29) is 22.8 Å². The number of halogens is 3. The summed E-state index contributed by atoms with van der Waals surface area (Å²) in [6, 6.07) is 6.91. The molecule has 0 aliphatic carbocycles. The summed E-state index contributed by atoms with van der Waals surface area (Å²) in [5, 5.41) is 3.13. The number of aromatic nitrogens is 2. The Bertz CT molecular complexity index is 1090. The molecular weight excluding hydrogens is 480 g/mol. The number of methoxy groups -OCH3 is 2. The fourth-order valence-electron chi connectivity index (χ4n) is 3.26. The van der Waals surface area contributed by atoms with Crippen molar-refractivity contribution in [3.05, 3.63) is 59.4 Å². The maximum Gasteiger partial charge on any atom is 0.227 e. The van der Waals surface area contributed by atoms with Crippen molar-refractivity contribution in [3.8, 4) is 23.0 Å². The predicted molar refractivity (Wildman–Crippen MR) is 130 cm³/mol. The maximum absolute atomic E-state index is 14.5. The number of unbranched alkanes of at least 4 members (excludes halogenated alkanes) is 1. The van der Waals surface area contributed by atoms with Crippen LogP contribution in [0.5, 0.6) is 23.0 Å². The first-order valence-electron chi connectivity index (χ1n) is 11.1. The van der Waals surface area contributed by atoms with E-state index in [1.807, 2.05) is 18.2 Å². The van der Waals surface area contributed by atoms with E-state index < -0.39 is 18.2 Å². The Kier molecular flexibility index (Phi) is 9.72. The van der Waals surface area contributed by atoms with Gasteiger partial charge in [0.2, 0.25) is 5.95 Å². The predicted octanol–water partition coefficient (Wildman–Crippen LogP) is 6.05. The van der Waals surface area contributed by atoms with Gasteiger partial charge >= 0.3 is 0 Å². The van der Waals surface area contributed by atoms with Crippen molar-refractivity contribution in [1.82, 2.24) is 9.97 Å². The molecule has 1 heterocycles. The third-order valence-corrected chi connectivity index (χ3v) is 5.43. The Balaban J connectivity index is 1.64. The van der Waals surface area contributed by atoms with Gasteiger partial charge in [-0.3, -0.25) is 0 Å². The highest BCUT2D eigenvalue weighted by atomic mass is 35.5. The minimum atomic E-state index is -0.858. The topological polar surface area (TPSA) is 74.7 Å². The molecule has 3 rings (SSSR count). The summed E-state index contributed by atoms with van der Waals surface area (Å²) >= 11 is 5.71. The summed E-state index contributed by atoms with van der Waals surface area (Å²) < 4.78 is 50.2. The third kappa shape index (κ3) is 6.85. The average molecular weight is 508 g/mol. The molecule has 0 aliphatic rings. The lowest BCUT2D eigenvalue weighted by Gasteiger charge is -2.14. The van der Waals surface area contributed by atoms with Gasteiger partial charge in [0.1, 0.15) is 12.4 Å². The fourth-order valence-corrected chi connectivity index (χ4v) is 3.45. The van der Waals surface area contributed by atoms with Crippen molar-refractivity contribution in [2.24, 2.45) is 0 Å². The maximum atomic E-state index is 14.5. The molecule has 35 heavy (non-hydrogen) atoms. The largest absolute Gasteiger partial charge is 0.494 e. The van der Waals surface area contributed by atoms with Crippen LogP contribution in [0.3, 0.4) is 0 Å². The van der Waals surface area contributed by atoms with Gasteiger partial charge in [-0.05, 0) is 43.0 Å². The number of ether oxygens (including phenoxy) is 4. The molecule has 188 valence electrons. The molecule has 0 aliphatic heterocycles. The number of aryl methyl sites for hydroxylation is 1. The van der Waals surface area contributed by atoms with Crippen LogP contribution >= 0.6 is 11.6 Å². The lowest BCUT2D eigenvalue weighted by atomic mass is 10.1. The van der Waals surface area contributed by atoms with Crippen molar-refractivity contribution in [2.75, 3.05) is 32.0 Å². The van der Waals surface area contributed by atoms with Gasteiger partial charge < -0.3 is 24.3 Å². The van der Waals surface area contributed by atoms with Crippen LogP contribution in [0.25, 0.3) is 0 Å². The second kappa shape index (κ2) is 12.9. The van der Waals surface area contributed by atoms with Gasteiger partial charge in [0.25, 0.3) is 0 Å². The Labute approximate surface area is 208 Å². The van der Waals surface area contributed by atoms with E-state index in [0.717, 1.165) is 42.3 Å². The van der Waals surface area contributed by atoms with E-state index >= 15 is 0 Å². The molecular formula is C25H28ClF2N3O4. The fraction of sp³-hybridized carbons (Fsp3) is 0.360. The highest BCUT2D eigenvalue weighted by molar-refractivity contribution is 6.17.